The van der Waals surface area contributed by atoms with Crippen LogP contribution in [0, 0.1) is 11.3 Å². The molecule has 1 aromatic carbocycles. The van der Waals surface area contributed by atoms with Gasteiger partial charge in [0, 0.05) is 5.02 Å². The molecule has 0 spiro atoms. The molecule has 0 aliphatic rings. The van der Waals surface area contributed by atoms with Crippen LogP contribution >= 0.6 is 11.6 Å². The molecule has 1 heterocycles. The molecule has 0 unspecified atom stereocenters. The summed E-state index contributed by atoms with van der Waals surface area (Å²) in [6, 6.07) is 8.76. The molecule has 5 nitrogen and oxygen atoms in total. The summed E-state index contributed by atoms with van der Waals surface area (Å²) in [6.45, 7) is 0. The highest BCUT2D eigenvalue weighted by Crippen LogP contribution is 2.12. The fourth-order valence-electron chi connectivity index (χ4n) is 0.969. The summed E-state index contributed by atoms with van der Waals surface area (Å²) in [5.74, 6) is 0.0324. The number of aromatic nitrogens is 4. The Labute approximate surface area is 84.5 Å². The molecule has 2 rings (SSSR count). The van der Waals surface area contributed by atoms with Crippen molar-refractivity contribution in [2.45, 2.75) is 0 Å². The van der Waals surface area contributed by atoms with Crippen LogP contribution in [0.2, 0.25) is 5.02 Å². The molecule has 0 saturated carbocycles. The van der Waals surface area contributed by atoms with Crippen LogP contribution in [-0.4, -0.2) is 20.2 Å². The Morgan fingerprint density at radius 1 is 1.43 bits per heavy atom. The Bertz CT molecular complexity index is 498. The first-order chi connectivity index (χ1) is 6.79. The van der Waals surface area contributed by atoms with E-state index in [0.717, 1.165) is 0 Å². The third-order valence-electron chi connectivity index (χ3n) is 1.55. The van der Waals surface area contributed by atoms with Gasteiger partial charge in [-0.2, -0.15) is 5.26 Å². The van der Waals surface area contributed by atoms with Crippen molar-refractivity contribution in [1.29, 1.82) is 5.26 Å². The lowest BCUT2D eigenvalue weighted by Crippen LogP contribution is -1.98. The molecule has 0 fully saturated rings. The first kappa shape index (κ1) is 8.66. The van der Waals surface area contributed by atoms with Gasteiger partial charge in [-0.1, -0.05) is 22.8 Å². The fourth-order valence-corrected chi connectivity index (χ4v) is 1.15. The normalized spacial score (nSPS) is 9.71. The first-order valence-corrected chi connectivity index (χ1v) is 4.13. The van der Waals surface area contributed by atoms with Gasteiger partial charge in [0.2, 0.25) is 0 Å². The average Bonchev–Trinajstić information content (AvgIpc) is 2.66. The summed E-state index contributed by atoms with van der Waals surface area (Å²) in [4.78, 5) is 1.25. The summed E-state index contributed by atoms with van der Waals surface area (Å²) in [5.41, 5.74) is 0.673. The van der Waals surface area contributed by atoms with Crippen LogP contribution in [0.15, 0.2) is 24.3 Å². The van der Waals surface area contributed by atoms with Gasteiger partial charge in [0.15, 0.2) is 0 Å². The van der Waals surface area contributed by atoms with E-state index in [2.05, 4.69) is 15.4 Å². The number of nitriles is 1. The maximum absolute atomic E-state index is 8.50. The van der Waals surface area contributed by atoms with Crippen molar-refractivity contribution >= 4 is 11.6 Å². The molecule has 0 N–H and O–H groups in total. The van der Waals surface area contributed by atoms with Gasteiger partial charge in [-0.15, -0.1) is 9.90 Å². The summed E-state index contributed by atoms with van der Waals surface area (Å²) in [7, 11) is 0. The van der Waals surface area contributed by atoms with Crippen LogP contribution in [0.3, 0.4) is 0 Å². The molecule has 0 aliphatic carbocycles. The molecule has 6 heteroatoms. The van der Waals surface area contributed by atoms with E-state index in [0.29, 0.717) is 10.7 Å². The van der Waals surface area contributed by atoms with Crippen molar-refractivity contribution < 1.29 is 0 Å². The van der Waals surface area contributed by atoms with Crippen molar-refractivity contribution in [2.75, 3.05) is 0 Å². The minimum absolute atomic E-state index is 0.0324. The zero-order valence-corrected chi connectivity index (χ0v) is 7.68. The average molecular weight is 206 g/mol. The number of nitrogens with zero attached hydrogens (tertiary/aromatic N) is 5. The van der Waals surface area contributed by atoms with Gasteiger partial charge in [-0.25, -0.2) is 0 Å². The summed E-state index contributed by atoms with van der Waals surface area (Å²) in [5, 5.41) is 20.1. The van der Waals surface area contributed by atoms with E-state index in [9.17, 15) is 0 Å². The summed E-state index contributed by atoms with van der Waals surface area (Å²) >= 11 is 5.78. The van der Waals surface area contributed by atoms with Crippen molar-refractivity contribution in [3.63, 3.8) is 0 Å². The van der Waals surface area contributed by atoms with Crippen LogP contribution in [0.4, 0.5) is 0 Å². The molecule has 0 saturated heterocycles. The Hall–Kier alpha value is -1.93. The highest BCUT2D eigenvalue weighted by Gasteiger charge is 2.03. The van der Waals surface area contributed by atoms with E-state index in [1.807, 2.05) is 0 Å². The molecule has 0 aliphatic heterocycles. The van der Waals surface area contributed by atoms with Crippen molar-refractivity contribution in [2.24, 2.45) is 0 Å². The molecular weight excluding hydrogens is 202 g/mol. The van der Waals surface area contributed by atoms with Crippen LogP contribution in [0.25, 0.3) is 5.69 Å². The Balaban J connectivity index is 2.45. The minimum atomic E-state index is 0.0324. The third kappa shape index (κ3) is 1.56. The second-order valence-electron chi connectivity index (χ2n) is 2.49. The molecule has 0 amide bonds. The zero-order chi connectivity index (χ0) is 9.97. The highest BCUT2D eigenvalue weighted by atomic mass is 35.5. The maximum atomic E-state index is 8.50. The molecule has 0 atom stereocenters. The lowest BCUT2D eigenvalue weighted by Gasteiger charge is -1.96. The van der Waals surface area contributed by atoms with Gasteiger partial charge in [-0.3, -0.25) is 0 Å². The third-order valence-corrected chi connectivity index (χ3v) is 1.79. The highest BCUT2D eigenvalue weighted by molar-refractivity contribution is 6.30. The van der Waals surface area contributed by atoms with E-state index in [-0.39, 0.29) is 5.82 Å². The summed E-state index contributed by atoms with van der Waals surface area (Å²) < 4.78 is 0. The van der Waals surface area contributed by atoms with Gasteiger partial charge < -0.3 is 0 Å². The van der Waals surface area contributed by atoms with Crippen molar-refractivity contribution in [3.8, 4) is 11.8 Å². The molecule has 2 aromatic rings. The monoisotopic (exact) mass is 205 g/mol. The van der Waals surface area contributed by atoms with E-state index in [1.54, 1.807) is 30.3 Å². The Kier molecular flexibility index (Phi) is 2.13. The number of rotatable bonds is 1. The van der Waals surface area contributed by atoms with Crippen molar-refractivity contribution in [1.82, 2.24) is 20.2 Å². The maximum Gasteiger partial charge on any atom is 0.274 e. The van der Waals surface area contributed by atoms with Gasteiger partial charge in [0.05, 0.1) is 5.69 Å². The molecule has 14 heavy (non-hydrogen) atoms. The summed E-state index contributed by atoms with van der Waals surface area (Å²) in [6.07, 6.45) is 0. The lowest BCUT2D eigenvalue weighted by molar-refractivity contribution is 0.719. The lowest BCUT2D eigenvalue weighted by atomic mass is 10.3. The number of hydrogen-bond acceptors (Lipinski definition) is 4. The molecule has 1 aromatic heterocycles. The van der Waals surface area contributed by atoms with E-state index < -0.39 is 0 Å². The second kappa shape index (κ2) is 3.44. The van der Waals surface area contributed by atoms with Crippen LogP contribution in [0.1, 0.15) is 5.82 Å². The quantitative estimate of drug-likeness (QED) is 0.701. The zero-order valence-electron chi connectivity index (χ0n) is 6.92. The molecule has 0 radical (unpaired) electrons. The first-order valence-electron chi connectivity index (χ1n) is 3.75. The number of hydrogen-bond donors (Lipinski definition) is 0. The molecule has 0 bridgehead atoms. The number of benzene rings is 1. The Morgan fingerprint density at radius 2 is 2.29 bits per heavy atom. The van der Waals surface area contributed by atoms with Crippen LogP contribution in [-0.2, 0) is 0 Å². The van der Waals surface area contributed by atoms with Gasteiger partial charge in [0.1, 0.15) is 6.07 Å². The van der Waals surface area contributed by atoms with Crippen LogP contribution < -0.4 is 0 Å². The fraction of sp³-hybridized carbons (Fsp3) is 0. The molecular formula is C8H4ClN5. The standard InChI is InChI=1S/C8H4ClN5/c9-6-2-1-3-7(4-6)14-12-8(5-10)11-13-14/h1-4H. The predicted molar refractivity (Wildman–Crippen MR) is 48.9 cm³/mol. The van der Waals surface area contributed by atoms with Gasteiger partial charge in [-0.05, 0) is 23.4 Å². The van der Waals surface area contributed by atoms with E-state index in [4.69, 9.17) is 16.9 Å². The number of halogens is 1. The van der Waals surface area contributed by atoms with Gasteiger partial charge in [0.25, 0.3) is 5.82 Å². The topological polar surface area (TPSA) is 67.4 Å². The van der Waals surface area contributed by atoms with E-state index in [1.165, 1.54) is 4.80 Å². The SMILES string of the molecule is N#Cc1nnn(-c2cccc(Cl)c2)n1. The van der Waals surface area contributed by atoms with Crippen LogP contribution in [0.5, 0.6) is 0 Å². The Morgan fingerprint density at radius 3 is 2.93 bits per heavy atom. The molecule has 68 valence electrons. The number of tetrazole rings is 1. The minimum Gasteiger partial charge on any atom is -0.189 e. The largest absolute Gasteiger partial charge is 0.274 e. The smallest absolute Gasteiger partial charge is 0.189 e. The van der Waals surface area contributed by atoms with E-state index >= 15 is 0 Å². The predicted octanol–water partition coefficient (Wildman–Crippen LogP) is 1.19. The van der Waals surface area contributed by atoms with Crippen molar-refractivity contribution in [3.05, 3.63) is 35.1 Å². The van der Waals surface area contributed by atoms with Gasteiger partial charge >= 0.3 is 0 Å². The second-order valence-corrected chi connectivity index (χ2v) is 2.93.